The molecule has 1 heterocycles. The zero-order chi connectivity index (χ0) is 12.4. The molecular formula is C14H29NO. The molecule has 0 aliphatic carbocycles. The Morgan fingerprint density at radius 1 is 1.06 bits per heavy atom. The van der Waals surface area contributed by atoms with Gasteiger partial charge in [0.25, 0.3) is 0 Å². The second kappa shape index (κ2) is 5.05. The second-order valence-corrected chi connectivity index (χ2v) is 6.92. The van der Waals surface area contributed by atoms with Gasteiger partial charge in [-0.15, -0.1) is 0 Å². The lowest BCUT2D eigenvalue weighted by Crippen LogP contribution is -2.45. The van der Waals surface area contributed by atoms with Crippen LogP contribution >= 0.6 is 0 Å². The van der Waals surface area contributed by atoms with Crippen LogP contribution in [-0.4, -0.2) is 37.2 Å². The van der Waals surface area contributed by atoms with E-state index in [0.29, 0.717) is 11.3 Å². The minimum atomic E-state index is 0.0494. The van der Waals surface area contributed by atoms with Crippen molar-refractivity contribution in [3.8, 4) is 0 Å². The molecule has 1 aliphatic rings. The molecule has 1 aliphatic heterocycles. The summed E-state index contributed by atoms with van der Waals surface area (Å²) in [6.07, 6.45) is 2.55. The van der Waals surface area contributed by atoms with Crippen LogP contribution in [0.4, 0.5) is 0 Å². The van der Waals surface area contributed by atoms with Crippen LogP contribution < -0.4 is 0 Å². The number of likely N-dealkylation sites (tertiary alicyclic amines) is 1. The van der Waals surface area contributed by atoms with Crippen LogP contribution in [0.25, 0.3) is 0 Å². The van der Waals surface area contributed by atoms with Gasteiger partial charge in [-0.05, 0) is 51.1 Å². The lowest BCUT2D eigenvalue weighted by molar-refractivity contribution is -0.0506. The van der Waals surface area contributed by atoms with Crippen LogP contribution in [0.15, 0.2) is 0 Å². The fourth-order valence-electron chi connectivity index (χ4n) is 2.62. The van der Waals surface area contributed by atoms with Crippen molar-refractivity contribution in [1.29, 1.82) is 0 Å². The maximum atomic E-state index is 5.59. The third kappa shape index (κ3) is 4.06. The zero-order valence-corrected chi connectivity index (χ0v) is 12.0. The molecule has 0 aromatic carbocycles. The van der Waals surface area contributed by atoms with Crippen molar-refractivity contribution in [1.82, 2.24) is 4.90 Å². The normalized spacial score (nSPS) is 21.4. The molecule has 16 heavy (non-hydrogen) atoms. The van der Waals surface area contributed by atoms with E-state index in [4.69, 9.17) is 4.74 Å². The van der Waals surface area contributed by atoms with E-state index in [2.05, 4.69) is 39.5 Å². The first kappa shape index (κ1) is 14.0. The van der Waals surface area contributed by atoms with E-state index < -0.39 is 0 Å². The summed E-state index contributed by atoms with van der Waals surface area (Å²) >= 11 is 0. The van der Waals surface area contributed by atoms with Gasteiger partial charge in [-0.25, -0.2) is 0 Å². The molecule has 0 atom stereocenters. The molecule has 0 aromatic heterocycles. The van der Waals surface area contributed by atoms with Crippen LogP contribution in [-0.2, 0) is 4.74 Å². The smallest absolute Gasteiger partial charge is 0.0651 e. The molecule has 0 unspecified atom stereocenters. The summed E-state index contributed by atoms with van der Waals surface area (Å²) < 4.78 is 5.59. The van der Waals surface area contributed by atoms with Crippen molar-refractivity contribution in [3.05, 3.63) is 0 Å². The molecule has 0 saturated carbocycles. The van der Waals surface area contributed by atoms with Crippen molar-refractivity contribution in [2.75, 3.05) is 26.7 Å². The largest absolute Gasteiger partial charge is 0.379 e. The Morgan fingerprint density at radius 3 is 1.94 bits per heavy atom. The van der Waals surface area contributed by atoms with Gasteiger partial charge in [-0.2, -0.15) is 0 Å². The van der Waals surface area contributed by atoms with Gasteiger partial charge in [0.2, 0.25) is 0 Å². The van der Waals surface area contributed by atoms with E-state index in [-0.39, 0.29) is 5.60 Å². The maximum Gasteiger partial charge on any atom is 0.0651 e. The molecule has 0 N–H and O–H groups in total. The maximum absolute atomic E-state index is 5.59. The fourth-order valence-corrected chi connectivity index (χ4v) is 2.62. The minimum Gasteiger partial charge on any atom is -0.379 e. The Hall–Kier alpha value is -0.0800. The van der Waals surface area contributed by atoms with Gasteiger partial charge < -0.3 is 9.64 Å². The molecule has 0 spiro atoms. The molecule has 0 bridgehead atoms. The predicted octanol–water partition coefficient (Wildman–Crippen LogP) is 3.17. The van der Waals surface area contributed by atoms with E-state index in [1.54, 1.807) is 0 Å². The quantitative estimate of drug-likeness (QED) is 0.734. The van der Waals surface area contributed by atoms with Crippen LogP contribution in [0.3, 0.4) is 0 Å². The summed E-state index contributed by atoms with van der Waals surface area (Å²) in [5.74, 6) is 0.716. The van der Waals surface area contributed by atoms with Gasteiger partial charge in [0.05, 0.1) is 5.60 Å². The molecule has 96 valence electrons. The molecular weight excluding hydrogens is 198 g/mol. The van der Waals surface area contributed by atoms with E-state index >= 15 is 0 Å². The van der Waals surface area contributed by atoms with E-state index in [1.165, 1.54) is 32.5 Å². The highest BCUT2D eigenvalue weighted by Crippen LogP contribution is 2.31. The number of hydrogen-bond donors (Lipinski definition) is 0. The highest BCUT2D eigenvalue weighted by Gasteiger charge is 2.33. The number of hydrogen-bond acceptors (Lipinski definition) is 2. The molecule has 2 heteroatoms. The summed E-state index contributed by atoms with van der Waals surface area (Å²) in [5, 5.41) is 0. The number of ether oxygens (including phenoxy) is 1. The van der Waals surface area contributed by atoms with Gasteiger partial charge >= 0.3 is 0 Å². The standard InChI is InChI=1S/C14H29NO/c1-13(2,3)11-15-9-7-12(8-10-15)14(4,5)16-6/h12H,7-11H2,1-6H3. The lowest BCUT2D eigenvalue weighted by atomic mass is 9.82. The average molecular weight is 227 g/mol. The van der Waals surface area contributed by atoms with Gasteiger partial charge in [0.15, 0.2) is 0 Å². The second-order valence-electron chi connectivity index (χ2n) is 6.92. The molecule has 0 radical (unpaired) electrons. The van der Waals surface area contributed by atoms with E-state index in [9.17, 15) is 0 Å². The van der Waals surface area contributed by atoms with Crippen molar-refractivity contribution >= 4 is 0 Å². The fraction of sp³-hybridized carbons (Fsp3) is 1.00. The van der Waals surface area contributed by atoms with Crippen molar-refractivity contribution in [2.24, 2.45) is 11.3 Å². The van der Waals surface area contributed by atoms with Gasteiger partial charge in [-0.3, -0.25) is 0 Å². The van der Waals surface area contributed by atoms with Crippen LogP contribution in [0.2, 0.25) is 0 Å². The number of nitrogens with zero attached hydrogens (tertiary/aromatic N) is 1. The van der Waals surface area contributed by atoms with Gasteiger partial charge in [-0.1, -0.05) is 20.8 Å². The Bertz CT molecular complexity index is 209. The van der Waals surface area contributed by atoms with Crippen molar-refractivity contribution < 1.29 is 4.74 Å². The Balaban J connectivity index is 2.40. The lowest BCUT2D eigenvalue weighted by Gasteiger charge is -2.41. The van der Waals surface area contributed by atoms with Crippen LogP contribution in [0, 0.1) is 11.3 Å². The zero-order valence-electron chi connectivity index (χ0n) is 12.0. The molecule has 1 saturated heterocycles. The Kier molecular flexibility index (Phi) is 4.42. The number of rotatable bonds is 3. The summed E-state index contributed by atoms with van der Waals surface area (Å²) in [4.78, 5) is 2.60. The average Bonchev–Trinajstić information content (AvgIpc) is 2.16. The molecule has 0 aromatic rings. The third-order valence-electron chi connectivity index (χ3n) is 3.79. The first-order valence-corrected chi connectivity index (χ1v) is 6.52. The molecule has 2 nitrogen and oxygen atoms in total. The Labute approximate surface area is 101 Å². The SMILES string of the molecule is COC(C)(C)C1CCN(CC(C)(C)C)CC1. The molecule has 1 rings (SSSR count). The third-order valence-corrected chi connectivity index (χ3v) is 3.79. The van der Waals surface area contributed by atoms with E-state index in [1.807, 2.05) is 7.11 Å². The number of piperidine rings is 1. The van der Waals surface area contributed by atoms with Gasteiger partial charge in [0.1, 0.15) is 0 Å². The summed E-state index contributed by atoms with van der Waals surface area (Å²) in [6, 6.07) is 0. The highest BCUT2D eigenvalue weighted by atomic mass is 16.5. The first-order valence-electron chi connectivity index (χ1n) is 6.52. The topological polar surface area (TPSA) is 12.5 Å². The first-order chi connectivity index (χ1) is 7.24. The van der Waals surface area contributed by atoms with Crippen molar-refractivity contribution in [3.63, 3.8) is 0 Å². The Morgan fingerprint density at radius 2 is 1.56 bits per heavy atom. The van der Waals surface area contributed by atoms with Crippen LogP contribution in [0.1, 0.15) is 47.5 Å². The number of methoxy groups -OCH3 is 1. The summed E-state index contributed by atoms with van der Waals surface area (Å²) in [5.41, 5.74) is 0.470. The monoisotopic (exact) mass is 227 g/mol. The summed E-state index contributed by atoms with van der Waals surface area (Å²) in [7, 11) is 1.83. The minimum absolute atomic E-state index is 0.0494. The van der Waals surface area contributed by atoms with Crippen LogP contribution in [0.5, 0.6) is 0 Å². The molecule has 0 amide bonds. The highest BCUT2D eigenvalue weighted by molar-refractivity contribution is 4.85. The van der Waals surface area contributed by atoms with Gasteiger partial charge in [0, 0.05) is 13.7 Å². The summed E-state index contributed by atoms with van der Waals surface area (Å²) in [6.45, 7) is 15.1. The van der Waals surface area contributed by atoms with Crippen molar-refractivity contribution in [2.45, 2.75) is 53.1 Å². The van der Waals surface area contributed by atoms with E-state index in [0.717, 1.165) is 0 Å². The predicted molar refractivity (Wildman–Crippen MR) is 69.7 cm³/mol. The molecule has 1 fully saturated rings.